The summed E-state index contributed by atoms with van der Waals surface area (Å²) in [5, 5.41) is 4.73. The second-order valence-electron chi connectivity index (χ2n) is 6.76. The summed E-state index contributed by atoms with van der Waals surface area (Å²) in [6.45, 7) is 0.185. The first kappa shape index (κ1) is 21.1. The molecule has 2 heterocycles. The van der Waals surface area contributed by atoms with Crippen molar-refractivity contribution in [3.63, 3.8) is 0 Å². The molecule has 5 nitrogen and oxygen atoms in total. The first-order chi connectivity index (χ1) is 14.8. The van der Waals surface area contributed by atoms with E-state index >= 15 is 0 Å². The van der Waals surface area contributed by atoms with Crippen molar-refractivity contribution >= 4 is 17.2 Å². The summed E-state index contributed by atoms with van der Waals surface area (Å²) in [6.07, 6.45) is -4.47. The number of hydrogen-bond acceptors (Lipinski definition) is 4. The van der Waals surface area contributed by atoms with E-state index in [0.717, 1.165) is 17.7 Å². The van der Waals surface area contributed by atoms with E-state index in [-0.39, 0.29) is 11.8 Å². The zero-order chi connectivity index (χ0) is 22.2. The topological polar surface area (TPSA) is 48.7 Å². The molecule has 0 atom stereocenters. The van der Waals surface area contributed by atoms with E-state index in [4.69, 9.17) is 21.1 Å². The second kappa shape index (κ2) is 8.20. The Labute approximate surface area is 181 Å². The monoisotopic (exact) mass is 447 g/mol. The number of methoxy groups -OCH3 is 2. The number of benzene rings is 2. The summed E-state index contributed by atoms with van der Waals surface area (Å²) in [4.78, 5) is 4.41. The molecule has 160 valence electrons. The molecule has 0 radical (unpaired) electrons. The van der Waals surface area contributed by atoms with Crippen LogP contribution in [0.15, 0.2) is 54.6 Å². The molecule has 0 N–H and O–H groups in total. The van der Waals surface area contributed by atoms with Gasteiger partial charge in [-0.3, -0.25) is 0 Å². The zero-order valence-electron chi connectivity index (χ0n) is 16.6. The van der Waals surface area contributed by atoms with Crippen LogP contribution in [0.2, 0.25) is 5.15 Å². The fourth-order valence-electron chi connectivity index (χ4n) is 3.38. The Bertz CT molecular complexity index is 1240. The van der Waals surface area contributed by atoms with Gasteiger partial charge in [0.05, 0.1) is 36.2 Å². The Morgan fingerprint density at radius 2 is 1.74 bits per heavy atom. The van der Waals surface area contributed by atoms with E-state index in [2.05, 4.69) is 10.1 Å². The molecule has 0 fully saturated rings. The summed E-state index contributed by atoms with van der Waals surface area (Å²) >= 11 is 6.27. The van der Waals surface area contributed by atoms with Gasteiger partial charge < -0.3 is 9.47 Å². The Balaban J connectivity index is 1.97. The van der Waals surface area contributed by atoms with Crippen LogP contribution in [0.5, 0.6) is 5.75 Å². The fourth-order valence-corrected chi connectivity index (χ4v) is 3.57. The summed E-state index contributed by atoms with van der Waals surface area (Å²) < 4.78 is 51.7. The van der Waals surface area contributed by atoms with Crippen LogP contribution in [-0.4, -0.2) is 28.8 Å². The highest BCUT2D eigenvalue weighted by Crippen LogP contribution is 2.35. The highest BCUT2D eigenvalue weighted by Gasteiger charge is 2.31. The van der Waals surface area contributed by atoms with Gasteiger partial charge in [-0.1, -0.05) is 35.9 Å². The molecule has 31 heavy (non-hydrogen) atoms. The minimum Gasteiger partial charge on any atom is -0.497 e. The first-order valence-electron chi connectivity index (χ1n) is 9.21. The molecule has 2 aromatic carbocycles. The third-order valence-corrected chi connectivity index (χ3v) is 4.97. The van der Waals surface area contributed by atoms with Crippen LogP contribution in [0.4, 0.5) is 13.2 Å². The highest BCUT2D eigenvalue weighted by molar-refractivity contribution is 6.29. The Hall–Kier alpha value is -3.10. The van der Waals surface area contributed by atoms with Crippen molar-refractivity contribution in [1.82, 2.24) is 14.6 Å². The van der Waals surface area contributed by atoms with E-state index in [1.165, 1.54) is 23.8 Å². The molecule has 4 aromatic rings. The van der Waals surface area contributed by atoms with Crippen molar-refractivity contribution < 1.29 is 22.6 Å². The maximum absolute atomic E-state index is 13.2. The molecule has 9 heteroatoms. The minimum atomic E-state index is -4.47. The lowest BCUT2D eigenvalue weighted by molar-refractivity contribution is -0.137. The van der Waals surface area contributed by atoms with Crippen molar-refractivity contribution in [2.24, 2.45) is 0 Å². The first-order valence-corrected chi connectivity index (χ1v) is 9.58. The van der Waals surface area contributed by atoms with Crippen molar-refractivity contribution in [2.75, 3.05) is 14.2 Å². The predicted molar refractivity (Wildman–Crippen MR) is 111 cm³/mol. The van der Waals surface area contributed by atoms with Gasteiger partial charge in [0.25, 0.3) is 0 Å². The molecule has 0 spiro atoms. The van der Waals surface area contributed by atoms with Gasteiger partial charge in [0.2, 0.25) is 0 Å². The van der Waals surface area contributed by atoms with E-state index in [1.807, 2.05) is 12.1 Å². The lowest BCUT2D eigenvalue weighted by Gasteiger charge is -2.10. The normalized spacial score (nSPS) is 11.8. The summed E-state index contributed by atoms with van der Waals surface area (Å²) in [5.74, 6) is 0.684. The lowest BCUT2D eigenvalue weighted by Crippen LogP contribution is -2.05. The molecule has 0 aliphatic carbocycles. The third kappa shape index (κ3) is 4.08. The Morgan fingerprint density at radius 1 is 1.00 bits per heavy atom. The average Bonchev–Trinajstić information content (AvgIpc) is 3.10. The Morgan fingerprint density at radius 3 is 2.39 bits per heavy atom. The molecule has 0 aliphatic heterocycles. The van der Waals surface area contributed by atoms with Crippen LogP contribution in [0.1, 0.15) is 11.3 Å². The number of ether oxygens (including phenoxy) is 2. The van der Waals surface area contributed by atoms with E-state index < -0.39 is 11.7 Å². The number of aromatic nitrogens is 3. The molecular weight excluding hydrogens is 431 g/mol. The van der Waals surface area contributed by atoms with E-state index in [1.54, 1.807) is 25.3 Å². The van der Waals surface area contributed by atoms with Crippen molar-refractivity contribution in [3.8, 4) is 28.1 Å². The number of rotatable bonds is 5. The zero-order valence-corrected chi connectivity index (χ0v) is 17.3. The average molecular weight is 448 g/mol. The van der Waals surface area contributed by atoms with E-state index in [9.17, 15) is 13.2 Å². The third-order valence-electron chi connectivity index (χ3n) is 4.78. The summed E-state index contributed by atoms with van der Waals surface area (Å²) in [7, 11) is 3.11. The van der Waals surface area contributed by atoms with Crippen molar-refractivity contribution in [1.29, 1.82) is 0 Å². The van der Waals surface area contributed by atoms with Gasteiger partial charge in [-0.15, -0.1) is 0 Å². The number of hydrogen-bond donors (Lipinski definition) is 0. The van der Waals surface area contributed by atoms with Gasteiger partial charge >= 0.3 is 6.18 Å². The number of alkyl halides is 3. The minimum absolute atomic E-state index is 0.138. The van der Waals surface area contributed by atoms with Gasteiger partial charge in [0.1, 0.15) is 10.9 Å². The smallest absolute Gasteiger partial charge is 0.416 e. The Kier molecular flexibility index (Phi) is 5.60. The SMILES string of the molecule is COCc1nn2c(-c3cccc(C(F)(F)F)c3)cc(Cl)nc2c1-c1ccc(OC)cc1. The van der Waals surface area contributed by atoms with Gasteiger partial charge in [0.15, 0.2) is 5.65 Å². The van der Waals surface area contributed by atoms with E-state index in [0.29, 0.717) is 33.9 Å². The number of fused-ring (bicyclic) bond motifs is 1. The molecule has 0 unspecified atom stereocenters. The van der Waals surface area contributed by atoms with Crippen LogP contribution in [0.25, 0.3) is 28.0 Å². The summed E-state index contributed by atoms with van der Waals surface area (Å²) in [5.41, 5.74) is 2.42. The lowest BCUT2D eigenvalue weighted by atomic mass is 10.1. The maximum atomic E-state index is 13.2. The fraction of sp³-hybridized carbons (Fsp3) is 0.182. The van der Waals surface area contributed by atoms with Gasteiger partial charge in [-0.05, 0) is 29.8 Å². The molecule has 2 aromatic heterocycles. The molecule has 0 saturated carbocycles. The standard InChI is InChI=1S/C22H17ClF3N3O2/c1-30-12-17-20(13-6-8-16(31-2)9-7-13)21-27-19(23)11-18(29(21)28-17)14-4-3-5-15(10-14)22(24,25)26/h3-11H,12H2,1-2H3. The van der Waals surface area contributed by atoms with Crippen LogP contribution in [0, 0.1) is 0 Å². The molecule has 0 aliphatic rings. The maximum Gasteiger partial charge on any atom is 0.416 e. The van der Waals surface area contributed by atoms with Crippen LogP contribution < -0.4 is 4.74 Å². The molecule has 0 saturated heterocycles. The highest BCUT2D eigenvalue weighted by atomic mass is 35.5. The van der Waals surface area contributed by atoms with Gasteiger partial charge in [0, 0.05) is 18.7 Å². The van der Waals surface area contributed by atoms with Gasteiger partial charge in [-0.25, -0.2) is 9.50 Å². The van der Waals surface area contributed by atoms with Gasteiger partial charge in [-0.2, -0.15) is 18.3 Å². The predicted octanol–water partition coefficient (Wildman–Crippen LogP) is 5.89. The van der Waals surface area contributed by atoms with Crippen molar-refractivity contribution in [3.05, 3.63) is 71.0 Å². The van der Waals surface area contributed by atoms with Crippen LogP contribution >= 0.6 is 11.6 Å². The molecule has 0 amide bonds. The molecule has 0 bridgehead atoms. The van der Waals surface area contributed by atoms with Crippen molar-refractivity contribution in [2.45, 2.75) is 12.8 Å². The summed E-state index contributed by atoms with van der Waals surface area (Å²) in [6, 6.07) is 13.8. The molecular formula is C22H17ClF3N3O2. The quantitative estimate of drug-likeness (QED) is 0.358. The second-order valence-corrected chi connectivity index (χ2v) is 7.15. The number of nitrogens with zero attached hydrogens (tertiary/aromatic N) is 3. The number of halogens is 4. The molecule has 4 rings (SSSR count). The largest absolute Gasteiger partial charge is 0.497 e. The van der Waals surface area contributed by atoms with Crippen LogP contribution in [0.3, 0.4) is 0 Å². The van der Waals surface area contributed by atoms with Crippen LogP contribution in [-0.2, 0) is 17.5 Å².